The minimum absolute atomic E-state index is 0.384. The van der Waals surface area contributed by atoms with Gasteiger partial charge in [-0.1, -0.05) is 13.0 Å². The number of nitrogens with zero attached hydrogens (tertiary/aromatic N) is 3. The molecule has 0 amide bonds. The van der Waals surface area contributed by atoms with E-state index in [0.717, 1.165) is 23.2 Å². The molecule has 2 aromatic rings. The summed E-state index contributed by atoms with van der Waals surface area (Å²) in [6.45, 7) is 3.86. The van der Waals surface area contributed by atoms with Crippen molar-refractivity contribution in [3.8, 4) is 11.8 Å². The predicted octanol–water partition coefficient (Wildman–Crippen LogP) is 2.62. The van der Waals surface area contributed by atoms with E-state index in [0.29, 0.717) is 5.82 Å². The van der Waals surface area contributed by atoms with E-state index >= 15 is 0 Å². The van der Waals surface area contributed by atoms with Gasteiger partial charge in [0.25, 0.3) is 0 Å². The van der Waals surface area contributed by atoms with Crippen LogP contribution in [0.1, 0.15) is 18.3 Å². The Hall–Kier alpha value is -1.64. The topological polar surface area (TPSA) is 53.6 Å². The van der Waals surface area contributed by atoms with Crippen LogP contribution in [0.15, 0.2) is 35.1 Å². The zero-order chi connectivity index (χ0) is 13.0. The fourth-order valence-corrected chi connectivity index (χ4v) is 2.32. The van der Waals surface area contributed by atoms with Gasteiger partial charge in [-0.05, 0) is 40.2 Å². The summed E-state index contributed by atoms with van der Waals surface area (Å²) in [6, 6.07) is 8.15. The number of hydrogen-bond acceptors (Lipinski definition) is 3. The van der Waals surface area contributed by atoms with Gasteiger partial charge in [0.05, 0.1) is 5.69 Å². The first kappa shape index (κ1) is 12.8. The molecule has 1 aromatic carbocycles. The number of hydrogen-bond donors (Lipinski definition) is 1. The first-order valence-corrected chi connectivity index (χ1v) is 6.48. The van der Waals surface area contributed by atoms with E-state index in [1.807, 2.05) is 12.1 Å². The summed E-state index contributed by atoms with van der Waals surface area (Å²) in [4.78, 5) is 3.99. The molecule has 1 N–H and O–H groups in total. The molecule has 0 aliphatic carbocycles. The van der Waals surface area contributed by atoms with Gasteiger partial charge in [-0.2, -0.15) is 5.26 Å². The molecule has 0 unspecified atom stereocenters. The van der Waals surface area contributed by atoms with Crippen LogP contribution in [-0.4, -0.2) is 16.1 Å². The maximum absolute atomic E-state index is 8.97. The molecular weight excluding hydrogens is 292 g/mol. The van der Waals surface area contributed by atoms with E-state index in [1.54, 1.807) is 17.0 Å². The average Bonchev–Trinajstić information content (AvgIpc) is 2.84. The van der Waals surface area contributed by atoms with Gasteiger partial charge in [0, 0.05) is 23.4 Å². The van der Waals surface area contributed by atoms with Gasteiger partial charge < -0.3 is 5.32 Å². The molecule has 0 saturated heterocycles. The van der Waals surface area contributed by atoms with Gasteiger partial charge in [0.15, 0.2) is 0 Å². The van der Waals surface area contributed by atoms with Crippen molar-refractivity contribution in [3.63, 3.8) is 0 Å². The Morgan fingerprint density at radius 3 is 3.00 bits per heavy atom. The van der Waals surface area contributed by atoms with Crippen LogP contribution >= 0.6 is 15.9 Å². The highest BCUT2D eigenvalue weighted by Gasteiger charge is 2.08. The highest BCUT2D eigenvalue weighted by atomic mass is 79.9. The molecule has 1 aromatic heterocycles. The van der Waals surface area contributed by atoms with Gasteiger partial charge in [0.1, 0.15) is 6.07 Å². The van der Waals surface area contributed by atoms with Crippen molar-refractivity contribution in [2.45, 2.75) is 13.5 Å². The Labute approximate surface area is 114 Å². The Bertz CT molecular complexity index is 583. The summed E-state index contributed by atoms with van der Waals surface area (Å²) in [5.74, 6) is 0.384. The number of nitriles is 1. The Kier molecular flexibility index (Phi) is 4.13. The van der Waals surface area contributed by atoms with Crippen LogP contribution in [0.2, 0.25) is 0 Å². The monoisotopic (exact) mass is 304 g/mol. The summed E-state index contributed by atoms with van der Waals surface area (Å²) < 4.78 is 2.72. The predicted molar refractivity (Wildman–Crippen MR) is 73.4 cm³/mol. The molecule has 92 valence electrons. The highest BCUT2D eigenvalue weighted by Crippen LogP contribution is 2.23. The maximum atomic E-state index is 8.97. The van der Waals surface area contributed by atoms with Crippen LogP contribution in [0.3, 0.4) is 0 Å². The summed E-state index contributed by atoms with van der Waals surface area (Å²) in [5, 5.41) is 12.2. The molecule has 18 heavy (non-hydrogen) atoms. The van der Waals surface area contributed by atoms with Gasteiger partial charge in [-0.15, -0.1) is 0 Å². The van der Waals surface area contributed by atoms with Crippen molar-refractivity contribution in [3.05, 3.63) is 46.5 Å². The van der Waals surface area contributed by atoms with Gasteiger partial charge in [-0.3, -0.25) is 4.57 Å². The van der Waals surface area contributed by atoms with Crippen molar-refractivity contribution >= 4 is 15.9 Å². The van der Waals surface area contributed by atoms with Gasteiger partial charge in [-0.25, -0.2) is 4.98 Å². The fraction of sp³-hybridized carbons (Fsp3) is 0.231. The molecule has 1 heterocycles. The third kappa shape index (κ3) is 2.61. The number of halogens is 1. The zero-order valence-electron chi connectivity index (χ0n) is 10.0. The minimum atomic E-state index is 0.384. The molecule has 0 radical (unpaired) electrons. The largest absolute Gasteiger partial charge is 0.313 e. The molecule has 0 fully saturated rings. The molecule has 5 heteroatoms. The van der Waals surface area contributed by atoms with Gasteiger partial charge >= 0.3 is 0 Å². The van der Waals surface area contributed by atoms with Crippen molar-refractivity contribution in [1.29, 1.82) is 5.26 Å². The summed E-state index contributed by atoms with van der Waals surface area (Å²) in [7, 11) is 0. The lowest BCUT2D eigenvalue weighted by Gasteiger charge is -2.09. The molecule has 2 rings (SSSR count). The Balaban J connectivity index is 2.33. The number of nitrogens with one attached hydrogen (secondary N) is 1. The first-order chi connectivity index (χ1) is 8.76. The van der Waals surface area contributed by atoms with E-state index in [1.165, 1.54) is 5.56 Å². The average molecular weight is 305 g/mol. The molecule has 0 aliphatic heterocycles. The molecule has 0 bridgehead atoms. The quantitative estimate of drug-likeness (QED) is 0.944. The third-order valence-corrected chi connectivity index (χ3v) is 3.23. The second-order valence-electron chi connectivity index (χ2n) is 3.80. The fourth-order valence-electron chi connectivity index (χ4n) is 1.71. The second kappa shape index (κ2) is 5.80. The highest BCUT2D eigenvalue weighted by molar-refractivity contribution is 9.10. The first-order valence-electron chi connectivity index (χ1n) is 5.69. The van der Waals surface area contributed by atoms with E-state index in [4.69, 9.17) is 5.26 Å². The third-order valence-electron chi connectivity index (χ3n) is 2.59. The summed E-state index contributed by atoms with van der Waals surface area (Å²) >= 11 is 3.54. The second-order valence-corrected chi connectivity index (χ2v) is 4.65. The number of rotatable bonds is 4. The maximum Gasteiger partial charge on any atom is 0.217 e. The van der Waals surface area contributed by atoms with Crippen LogP contribution in [0.25, 0.3) is 5.69 Å². The van der Waals surface area contributed by atoms with Gasteiger partial charge in [0.2, 0.25) is 5.82 Å². The molecule has 0 aliphatic rings. The lowest BCUT2D eigenvalue weighted by molar-refractivity contribution is 0.726. The lowest BCUT2D eigenvalue weighted by atomic mass is 10.2. The standard InChI is InChI=1S/C13H13BrN4/c1-2-16-9-10-3-4-12(11(14)7-10)18-6-5-17-13(18)8-15/h3-7,16H,2,9H2,1H3. The van der Waals surface area contributed by atoms with Crippen molar-refractivity contribution in [2.75, 3.05) is 6.54 Å². The zero-order valence-corrected chi connectivity index (χ0v) is 11.6. The van der Waals surface area contributed by atoms with Crippen molar-refractivity contribution in [1.82, 2.24) is 14.9 Å². The lowest BCUT2D eigenvalue weighted by Crippen LogP contribution is -2.11. The van der Waals surface area contributed by atoms with E-state index in [9.17, 15) is 0 Å². The van der Waals surface area contributed by atoms with Crippen LogP contribution < -0.4 is 5.32 Å². The number of benzene rings is 1. The molecule has 4 nitrogen and oxygen atoms in total. The van der Waals surface area contributed by atoms with E-state index in [-0.39, 0.29) is 0 Å². The number of imidazole rings is 1. The molecule has 0 saturated carbocycles. The molecule has 0 atom stereocenters. The summed E-state index contributed by atoms with van der Waals surface area (Å²) in [6.07, 6.45) is 3.40. The Morgan fingerprint density at radius 2 is 2.33 bits per heavy atom. The normalized spacial score (nSPS) is 10.3. The van der Waals surface area contributed by atoms with Crippen molar-refractivity contribution < 1.29 is 0 Å². The SMILES string of the molecule is CCNCc1ccc(-n2ccnc2C#N)c(Br)c1. The van der Waals surface area contributed by atoms with Crippen LogP contribution in [0, 0.1) is 11.3 Å². The Morgan fingerprint density at radius 1 is 1.50 bits per heavy atom. The van der Waals surface area contributed by atoms with Crippen LogP contribution in [0.5, 0.6) is 0 Å². The summed E-state index contributed by atoms with van der Waals surface area (Å²) in [5.41, 5.74) is 2.12. The van der Waals surface area contributed by atoms with E-state index < -0.39 is 0 Å². The number of aromatic nitrogens is 2. The minimum Gasteiger partial charge on any atom is -0.313 e. The van der Waals surface area contributed by atoms with Crippen molar-refractivity contribution in [2.24, 2.45) is 0 Å². The van der Waals surface area contributed by atoms with Crippen LogP contribution in [0.4, 0.5) is 0 Å². The smallest absolute Gasteiger partial charge is 0.217 e. The van der Waals surface area contributed by atoms with Crippen LogP contribution in [-0.2, 0) is 6.54 Å². The molecular formula is C13H13BrN4. The van der Waals surface area contributed by atoms with E-state index in [2.05, 4.69) is 45.3 Å². The molecule has 0 spiro atoms.